The van der Waals surface area contributed by atoms with Crippen molar-refractivity contribution in [3.8, 4) is 0 Å². The van der Waals surface area contributed by atoms with Crippen LogP contribution in [-0.2, 0) is 4.74 Å². The summed E-state index contributed by atoms with van der Waals surface area (Å²) >= 11 is 0. The quantitative estimate of drug-likeness (QED) is 0.824. The standard InChI is InChI=1S/C16H30O2/c1-3-5-15-12-16(17,10-11-18-15)14-8-6-13(4-2)7-9-14/h13-15,17H,3-12H2,1-2H3. The van der Waals surface area contributed by atoms with Gasteiger partial charge in [-0.15, -0.1) is 0 Å². The molecule has 0 aromatic rings. The van der Waals surface area contributed by atoms with Crippen LogP contribution in [0.4, 0.5) is 0 Å². The first-order valence-corrected chi connectivity index (χ1v) is 8.02. The largest absolute Gasteiger partial charge is 0.389 e. The lowest BCUT2D eigenvalue weighted by Crippen LogP contribution is -2.47. The van der Waals surface area contributed by atoms with E-state index in [1.54, 1.807) is 0 Å². The molecule has 0 aromatic carbocycles. The molecule has 1 saturated carbocycles. The Hall–Kier alpha value is -0.0800. The summed E-state index contributed by atoms with van der Waals surface area (Å²) in [6.07, 6.45) is 10.7. The second kappa shape index (κ2) is 6.38. The Morgan fingerprint density at radius 1 is 1.17 bits per heavy atom. The van der Waals surface area contributed by atoms with E-state index in [0.29, 0.717) is 12.0 Å². The lowest BCUT2D eigenvalue weighted by molar-refractivity contribution is -0.140. The molecule has 1 N–H and O–H groups in total. The van der Waals surface area contributed by atoms with Gasteiger partial charge in [0.2, 0.25) is 0 Å². The molecule has 0 radical (unpaired) electrons. The molecule has 2 nitrogen and oxygen atoms in total. The average Bonchev–Trinajstić information content (AvgIpc) is 2.39. The summed E-state index contributed by atoms with van der Waals surface area (Å²) in [6, 6.07) is 0. The number of hydrogen-bond donors (Lipinski definition) is 1. The van der Waals surface area contributed by atoms with Crippen LogP contribution in [0.5, 0.6) is 0 Å². The highest BCUT2D eigenvalue weighted by Crippen LogP contribution is 2.42. The molecule has 18 heavy (non-hydrogen) atoms. The van der Waals surface area contributed by atoms with Gasteiger partial charge in [0.05, 0.1) is 11.7 Å². The van der Waals surface area contributed by atoms with Crippen LogP contribution in [0.25, 0.3) is 0 Å². The molecule has 2 atom stereocenters. The molecule has 0 spiro atoms. The summed E-state index contributed by atoms with van der Waals surface area (Å²) in [4.78, 5) is 0. The van der Waals surface area contributed by atoms with E-state index in [0.717, 1.165) is 38.2 Å². The maximum atomic E-state index is 11.0. The topological polar surface area (TPSA) is 29.5 Å². The van der Waals surface area contributed by atoms with Gasteiger partial charge in [-0.1, -0.05) is 39.5 Å². The third-order valence-electron chi connectivity index (χ3n) is 5.26. The first kappa shape index (κ1) is 14.3. The molecular formula is C16H30O2. The van der Waals surface area contributed by atoms with Gasteiger partial charge in [0.1, 0.15) is 0 Å². The summed E-state index contributed by atoms with van der Waals surface area (Å²) in [5, 5.41) is 11.0. The zero-order chi connectivity index (χ0) is 13.0. The lowest BCUT2D eigenvalue weighted by atomic mass is 9.69. The van der Waals surface area contributed by atoms with E-state index in [1.165, 1.54) is 32.1 Å². The SMILES string of the molecule is CCCC1CC(O)(C2CCC(CC)CC2)CCO1. The smallest absolute Gasteiger partial charge is 0.0722 e. The van der Waals surface area contributed by atoms with Gasteiger partial charge in [0, 0.05) is 13.0 Å². The van der Waals surface area contributed by atoms with Gasteiger partial charge in [-0.3, -0.25) is 0 Å². The fraction of sp³-hybridized carbons (Fsp3) is 1.00. The fourth-order valence-electron chi connectivity index (χ4n) is 3.94. The summed E-state index contributed by atoms with van der Waals surface area (Å²) < 4.78 is 5.79. The predicted molar refractivity (Wildman–Crippen MR) is 74.6 cm³/mol. The van der Waals surface area contributed by atoms with Gasteiger partial charge >= 0.3 is 0 Å². The summed E-state index contributed by atoms with van der Waals surface area (Å²) in [7, 11) is 0. The van der Waals surface area contributed by atoms with Crippen molar-refractivity contribution >= 4 is 0 Å². The van der Waals surface area contributed by atoms with E-state index in [-0.39, 0.29) is 0 Å². The minimum atomic E-state index is -0.420. The molecule has 2 heteroatoms. The maximum absolute atomic E-state index is 11.0. The van der Waals surface area contributed by atoms with Gasteiger partial charge in [-0.25, -0.2) is 0 Å². The van der Waals surface area contributed by atoms with E-state index < -0.39 is 5.60 Å². The van der Waals surface area contributed by atoms with Crippen molar-refractivity contribution in [1.29, 1.82) is 0 Å². The molecule has 2 fully saturated rings. The Balaban J connectivity index is 1.90. The summed E-state index contributed by atoms with van der Waals surface area (Å²) in [5.74, 6) is 1.44. The van der Waals surface area contributed by atoms with Crippen molar-refractivity contribution in [1.82, 2.24) is 0 Å². The van der Waals surface area contributed by atoms with Gasteiger partial charge in [0.25, 0.3) is 0 Å². The van der Waals surface area contributed by atoms with Crippen LogP contribution in [0.1, 0.15) is 71.6 Å². The van der Waals surface area contributed by atoms with Crippen LogP contribution in [0.15, 0.2) is 0 Å². The van der Waals surface area contributed by atoms with E-state index in [4.69, 9.17) is 4.74 Å². The molecule has 0 aromatic heterocycles. The van der Waals surface area contributed by atoms with Crippen molar-refractivity contribution in [3.05, 3.63) is 0 Å². The minimum Gasteiger partial charge on any atom is -0.389 e. The van der Waals surface area contributed by atoms with Crippen molar-refractivity contribution in [2.45, 2.75) is 83.3 Å². The molecule has 2 rings (SSSR count). The van der Waals surface area contributed by atoms with Gasteiger partial charge < -0.3 is 9.84 Å². The molecule has 106 valence electrons. The van der Waals surface area contributed by atoms with E-state index in [1.807, 2.05) is 0 Å². The van der Waals surface area contributed by atoms with Crippen LogP contribution in [-0.4, -0.2) is 23.4 Å². The van der Waals surface area contributed by atoms with Crippen LogP contribution in [0, 0.1) is 11.8 Å². The zero-order valence-corrected chi connectivity index (χ0v) is 12.2. The van der Waals surface area contributed by atoms with Crippen LogP contribution >= 0.6 is 0 Å². The molecule has 2 unspecified atom stereocenters. The van der Waals surface area contributed by atoms with Crippen molar-refractivity contribution in [2.24, 2.45) is 11.8 Å². The zero-order valence-electron chi connectivity index (χ0n) is 12.2. The first-order valence-electron chi connectivity index (χ1n) is 8.02. The fourth-order valence-corrected chi connectivity index (χ4v) is 3.94. The molecular weight excluding hydrogens is 224 g/mol. The van der Waals surface area contributed by atoms with E-state index >= 15 is 0 Å². The highest BCUT2D eigenvalue weighted by Gasteiger charge is 2.42. The average molecular weight is 254 g/mol. The summed E-state index contributed by atoms with van der Waals surface area (Å²) in [6.45, 7) is 5.25. The van der Waals surface area contributed by atoms with Crippen molar-refractivity contribution < 1.29 is 9.84 Å². The second-order valence-electron chi connectivity index (χ2n) is 6.47. The number of rotatable bonds is 4. The second-order valence-corrected chi connectivity index (χ2v) is 6.47. The van der Waals surface area contributed by atoms with Crippen molar-refractivity contribution in [3.63, 3.8) is 0 Å². The third-order valence-corrected chi connectivity index (χ3v) is 5.26. The normalized spacial score (nSPS) is 41.8. The van der Waals surface area contributed by atoms with Crippen molar-refractivity contribution in [2.75, 3.05) is 6.61 Å². The Labute approximate surface area is 112 Å². The Morgan fingerprint density at radius 2 is 1.89 bits per heavy atom. The molecule has 1 saturated heterocycles. The van der Waals surface area contributed by atoms with Crippen LogP contribution < -0.4 is 0 Å². The number of ether oxygens (including phenoxy) is 1. The third kappa shape index (κ3) is 3.27. The first-order chi connectivity index (χ1) is 8.68. The maximum Gasteiger partial charge on any atom is 0.0722 e. The minimum absolute atomic E-state index is 0.303. The van der Waals surface area contributed by atoms with Gasteiger partial charge in [0.15, 0.2) is 0 Å². The Morgan fingerprint density at radius 3 is 2.50 bits per heavy atom. The van der Waals surface area contributed by atoms with Crippen LogP contribution in [0.3, 0.4) is 0 Å². The van der Waals surface area contributed by atoms with E-state index in [9.17, 15) is 5.11 Å². The molecule has 1 aliphatic carbocycles. The highest BCUT2D eigenvalue weighted by molar-refractivity contribution is 4.93. The van der Waals surface area contributed by atoms with Gasteiger partial charge in [-0.2, -0.15) is 0 Å². The molecule has 1 heterocycles. The van der Waals surface area contributed by atoms with Crippen LogP contribution in [0.2, 0.25) is 0 Å². The molecule has 0 bridgehead atoms. The van der Waals surface area contributed by atoms with Gasteiger partial charge in [-0.05, 0) is 37.5 Å². The lowest BCUT2D eigenvalue weighted by Gasteiger charge is -2.45. The number of hydrogen-bond acceptors (Lipinski definition) is 2. The monoisotopic (exact) mass is 254 g/mol. The Bertz CT molecular complexity index is 243. The predicted octanol–water partition coefficient (Wildman–Crippen LogP) is 3.91. The van der Waals surface area contributed by atoms with E-state index in [2.05, 4.69) is 13.8 Å². The molecule has 2 aliphatic rings. The highest BCUT2D eigenvalue weighted by atomic mass is 16.5. The number of aliphatic hydroxyl groups is 1. The Kier molecular flexibility index (Phi) is 5.08. The summed E-state index contributed by atoms with van der Waals surface area (Å²) in [5.41, 5.74) is -0.420. The molecule has 1 aliphatic heterocycles. The molecule has 0 amide bonds.